The maximum absolute atomic E-state index is 12.1. The van der Waals surface area contributed by atoms with E-state index in [4.69, 9.17) is 0 Å². The summed E-state index contributed by atoms with van der Waals surface area (Å²) in [7, 11) is 3.99. The van der Waals surface area contributed by atoms with Gasteiger partial charge in [-0.15, -0.1) is 0 Å². The first-order valence-electron chi connectivity index (χ1n) is 8.95. The van der Waals surface area contributed by atoms with Gasteiger partial charge in [-0.25, -0.2) is 9.48 Å². The molecular weight excluding hydrogens is 338 g/mol. The summed E-state index contributed by atoms with van der Waals surface area (Å²) in [6, 6.07) is 15.8. The summed E-state index contributed by atoms with van der Waals surface area (Å²) in [6.07, 6.45) is 4.44. The highest BCUT2D eigenvalue weighted by atomic mass is 16.2. The molecule has 2 N–H and O–H groups in total. The van der Waals surface area contributed by atoms with Crippen molar-refractivity contribution in [1.29, 1.82) is 0 Å². The fraction of sp³-hybridized carbons (Fsp3) is 0.238. The average molecular weight is 363 g/mol. The quantitative estimate of drug-likeness (QED) is 0.703. The Kier molecular flexibility index (Phi) is 5.76. The molecule has 0 unspecified atom stereocenters. The molecule has 0 fully saturated rings. The summed E-state index contributed by atoms with van der Waals surface area (Å²) >= 11 is 0. The molecular formula is C21H25N5O. The van der Waals surface area contributed by atoms with Crippen LogP contribution in [0.2, 0.25) is 0 Å². The molecule has 0 saturated heterocycles. The molecule has 3 aromatic rings. The maximum Gasteiger partial charge on any atom is 0.319 e. The predicted molar refractivity (Wildman–Crippen MR) is 110 cm³/mol. The Morgan fingerprint density at radius 3 is 2.56 bits per heavy atom. The molecule has 0 saturated carbocycles. The molecule has 0 aliphatic rings. The molecule has 6 heteroatoms. The normalized spacial score (nSPS) is 10.5. The number of hydrogen-bond donors (Lipinski definition) is 2. The highest BCUT2D eigenvalue weighted by Gasteiger charge is 2.06. The largest absolute Gasteiger partial charge is 0.378 e. The van der Waals surface area contributed by atoms with Gasteiger partial charge in [0.05, 0.1) is 5.69 Å². The van der Waals surface area contributed by atoms with Crippen LogP contribution >= 0.6 is 0 Å². The fourth-order valence-corrected chi connectivity index (χ4v) is 2.79. The van der Waals surface area contributed by atoms with Gasteiger partial charge in [0.25, 0.3) is 0 Å². The highest BCUT2D eigenvalue weighted by Crippen LogP contribution is 2.21. The van der Waals surface area contributed by atoms with Crippen LogP contribution in [0.3, 0.4) is 0 Å². The van der Waals surface area contributed by atoms with Crippen molar-refractivity contribution in [1.82, 2.24) is 15.1 Å². The smallest absolute Gasteiger partial charge is 0.319 e. The number of carbonyl (C=O) groups is 1. The summed E-state index contributed by atoms with van der Waals surface area (Å²) < 4.78 is 1.82. The molecule has 0 aliphatic heterocycles. The predicted octanol–water partition coefficient (Wildman–Crippen LogP) is 3.61. The van der Waals surface area contributed by atoms with Crippen molar-refractivity contribution in [2.75, 3.05) is 30.9 Å². The number of anilines is 2. The summed E-state index contributed by atoms with van der Waals surface area (Å²) in [6.45, 7) is 2.56. The minimum Gasteiger partial charge on any atom is -0.378 e. The van der Waals surface area contributed by atoms with Crippen LogP contribution in [0.15, 0.2) is 60.9 Å². The molecule has 6 nitrogen and oxygen atoms in total. The number of aromatic nitrogens is 2. The van der Waals surface area contributed by atoms with Gasteiger partial charge < -0.3 is 15.5 Å². The number of nitrogens with zero attached hydrogens (tertiary/aromatic N) is 3. The van der Waals surface area contributed by atoms with E-state index in [1.807, 2.05) is 67.1 Å². The zero-order valence-electron chi connectivity index (χ0n) is 15.9. The number of hydrogen-bond acceptors (Lipinski definition) is 3. The molecule has 1 aromatic heterocycles. The monoisotopic (exact) mass is 363 g/mol. The second-order valence-electron chi connectivity index (χ2n) is 6.64. The topological polar surface area (TPSA) is 62.2 Å². The van der Waals surface area contributed by atoms with Gasteiger partial charge in [-0.3, -0.25) is 0 Å². The summed E-state index contributed by atoms with van der Waals surface area (Å²) in [5.74, 6) is 0. The molecule has 3 rings (SSSR count). The van der Waals surface area contributed by atoms with Gasteiger partial charge in [0.2, 0.25) is 0 Å². The molecule has 2 amide bonds. The molecule has 0 spiro atoms. The van der Waals surface area contributed by atoms with Crippen LogP contribution in [0, 0.1) is 6.92 Å². The Balaban J connectivity index is 1.48. The molecule has 1 heterocycles. The van der Waals surface area contributed by atoms with Gasteiger partial charge in [0.1, 0.15) is 0 Å². The Morgan fingerprint density at radius 1 is 1.15 bits per heavy atom. The third kappa shape index (κ3) is 4.88. The van der Waals surface area contributed by atoms with Crippen LogP contribution in [0.5, 0.6) is 0 Å². The fourth-order valence-electron chi connectivity index (χ4n) is 2.79. The van der Waals surface area contributed by atoms with E-state index in [-0.39, 0.29) is 6.03 Å². The van der Waals surface area contributed by atoms with Gasteiger partial charge in [-0.2, -0.15) is 5.10 Å². The van der Waals surface area contributed by atoms with E-state index < -0.39 is 0 Å². The van der Waals surface area contributed by atoms with Gasteiger partial charge in [0, 0.05) is 44.4 Å². The zero-order valence-corrected chi connectivity index (χ0v) is 15.9. The Labute approximate surface area is 159 Å². The number of aryl methyl sites for hydroxylation is 1. The van der Waals surface area contributed by atoms with E-state index in [9.17, 15) is 4.79 Å². The summed E-state index contributed by atoms with van der Waals surface area (Å²) in [4.78, 5) is 14.2. The second-order valence-corrected chi connectivity index (χ2v) is 6.64. The lowest BCUT2D eigenvalue weighted by molar-refractivity contribution is 0.252. The minimum atomic E-state index is -0.191. The van der Waals surface area contributed by atoms with E-state index >= 15 is 0 Å². The Hall–Kier alpha value is -3.28. The van der Waals surface area contributed by atoms with Crippen LogP contribution in [-0.2, 0) is 6.42 Å². The second kappa shape index (κ2) is 8.40. The van der Waals surface area contributed by atoms with E-state index in [2.05, 4.69) is 33.9 Å². The number of carbonyl (C=O) groups excluding carboxylic acids is 1. The van der Waals surface area contributed by atoms with Gasteiger partial charge in [-0.1, -0.05) is 12.1 Å². The first kappa shape index (κ1) is 18.5. The van der Waals surface area contributed by atoms with Crippen molar-refractivity contribution >= 4 is 17.4 Å². The standard InChI is InChI=1S/C21H25N5O/c1-16-15-19(25(2)3)9-10-20(16)24-21(27)22-13-11-17-5-7-18(8-6-17)26-14-4-12-23-26/h4-10,12,14-15H,11,13H2,1-3H3,(H2,22,24,27). The van der Waals surface area contributed by atoms with E-state index in [1.165, 1.54) is 0 Å². The first-order chi connectivity index (χ1) is 13.0. The molecule has 2 aromatic carbocycles. The Bertz CT molecular complexity index is 885. The summed E-state index contributed by atoms with van der Waals surface area (Å²) in [5, 5.41) is 10.0. The molecule has 0 atom stereocenters. The maximum atomic E-state index is 12.1. The van der Waals surface area contributed by atoms with Gasteiger partial charge in [-0.05, 0) is 60.9 Å². The molecule has 27 heavy (non-hydrogen) atoms. The number of amides is 2. The van der Waals surface area contributed by atoms with Crippen molar-refractivity contribution in [3.63, 3.8) is 0 Å². The lowest BCUT2D eigenvalue weighted by Crippen LogP contribution is -2.30. The van der Waals surface area contributed by atoms with Crippen LogP contribution < -0.4 is 15.5 Å². The number of benzene rings is 2. The highest BCUT2D eigenvalue weighted by molar-refractivity contribution is 5.90. The molecule has 0 bridgehead atoms. The average Bonchev–Trinajstić information content (AvgIpc) is 3.18. The first-order valence-corrected chi connectivity index (χ1v) is 8.95. The van der Waals surface area contributed by atoms with E-state index in [0.717, 1.165) is 34.6 Å². The van der Waals surface area contributed by atoms with Crippen molar-refractivity contribution in [3.8, 4) is 5.69 Å². The van der Waals surface area contributed by atoms with Crippen LogP contribution in [0.1, 0.15) is 11.1 Å². The van der Waals surface area contributed by atoms with Crippen molar-refractivity contribution in [2.24, 2.45) is 0 Å². The Morgan fingerprint density at radius 2 is 1.93 bits per heavy atom. The molecule has 140 valence electrons. The number of urea groups is 1. The third-order valence-corrected chi connectivity index (χ3v) is 4.38. The van der Waals surface area contributed by atoms with Crippen molar-refractivity contribution in [3.05, 3.63) is 72.1 Å². The van der Waals surface area contributed by atoms with Crippen LogP contribution in [0.25, 0.3) is 5.69 Å². The van der Waals surface area contributed by atoms with Crippen LogP contribution in [-0.4, -0.2) is 36.5 Å². The number of rotatable bonds is 6. The van der Waals surface area contributed by atoms with Gasteiger partial charge >= 0.3 is 6.03 Å². The molecule has 0 aliphatic carbocycles. The van der Waals surface area contributed by atoms with Crippen molar-refractivity contribution < 1.29 is 4.79 Å². The van der Waals surface area contributed by atoms with Gasteiger partial charge in [0.15, 0.2) is 0 Å². The lowest BCUT2D eigenvalue weighted by atomic mass is 10.1. The van der Waals surface area contributed by atoms with E-state index in [1.54, 1.807) is 6.20 Å². The lowest BCUT2D eigenvalue weighted by Gasteiger charge is -2.15. The third-order valence-electron chi connectivity index (χ3n) is 4.38. The SMILES string of the molecule is Cc1cc(N(C)C)ccc1NC(=O)NCCc1ccc(-n2cccn2)cc1. The summed E-state index contributed by atoms with van der Waals surface area (Å²) in [5.41, 5.74) is 5.15. The van der Waals surface area contributed by atoms with E-state index in [0.29, 0.717) is 6.54 Å². The molecule has 0 radical (unpaired) electrons. The zero-order chi connectivity index (χ0) is 19.2. The number of nitrogens with one attached hydrogen (secondary N) is 2. The minimum absolute atomic E-state index is 0.191. The van der Waals surface area contributed by atoms with Crippen molar-refractivity contribution in [2.45, 2.75) is 13.3 Å². The van der Waals surface area contributed by atoms with Crippen LogP contribution in [0.4, 0.5) is 16.2 Å².